The molecule has 1 aromatic carbocycles. The monoisotopic (exact) mass is 247 g/mol. The van der Waals surface area contributed by atoms with E-state index in [1.54, 1.807) is 13.2 Å². The molecule has 1 amide bonds. The second kappa shape index (κ2) is 4.01. The molecule has 2 N–H and O–H groups in total. The summed E-state index contributed by atoms with van der Waals surface area (Å²) in [5.41, 5.74) is 6.30. The summed E-state index contributed by atoms with van der Waals surface area (Å²) < 4.78 is 6.97. The number of nitrogens with zero attached hydrogens (tertiary/aromatic N) is 2. The first-order valence-electron chi connectivity index (χ1n) is 5.71. The van der Waals surface area contributed by atoms with Crippen molar-refractivity contribution in [1.29, 1.82) is 0 Å². The predicted molar refractivity (Wildman–Crippen MR) is 69.8 cm³/mol. The Morgan fingerprint density at radius 3 is 2.56 bits per heavy atom. The van der Waals surface area contributed by atoms with Gasteiger partial charge in [-0.3, -0.25) is 9.48 Å². The average Bonchev–Trinajstić information content (AvgIpc) is 2.66. The Labute approximate surface area is 106 Å². The third-order valence-corrected chi connectivity index (χ3v) is 2.76. The largest absolute Gasteiger partial charge is 0.497 e. The van der Waals surface area contributed by atoms with Gasteiger partial charge in [0, 0.05) is 5.39 Å². The quantitative estimate of drug-likeness (QED) is 0.881. The van der Waals surface area contributed by atoms with Gasteiger partial charge in [0.15, 0.2) is 5.69 Å². The van der Waals surface area contributed by atoms with Crippen LogP contribution in [0.2, 0.25) is 0 Å². The van der Waals surface area contributed by atoms with Crippen LogP contribution in [0.25, 0.3) is 10.9 Å². The van der Waals surface area contributed by atoms with Gasteiger partial charge in [0.2, 0.25) is 0 Å². The molecule has 0 spiro atoms. The van der Waals surface area contributed by atoms with Crippen molar-refractivity contribution < 1.29 is 9.53 Å². The molecule has 0 aliphatic rings. The van der Waals surface area contributed by atoms with E-state index >= 15 is 0 Å². The molecule has 2 rings (SSSR count). The van der Waals surface area contributed by atoms with Crippen LogP contribution in [0.15, 0.2) is 18.2 Å². The summed E-state index contributed by atoms with van der Waals surface area (Å²) in [6.45, 7) is 6.07. The minimum absolute atomic E-state index is 0.222. The molecule has 1 heterocycles. The lowest BCUT2D eigenvalue weighted by molar-refractivity contribution is 0.0995. The van der Waals surface area contributed by atoms with Gasteiger partial charge in [-0.2, -0.15) is 5.10 Å². The molecule has 5 nitrogen and oxygen atoms in total. The lowest BCUT2D eigenvalue weighted by atomic mass is 10.1. The van der Waals surface area contributed by atoms with E-state index in [1.165, 1.54) is 0 Å². The number of hydrogen-bond acceptors (Lipinski definition) is 3. The number of fused-ring (bicyclic) bond motifs is 1. The van der Waals surface area contributed by atoms with Gasteiger partial charge in [-0.15, -0.1) is 0 Å². The molecule has 0 saturated carbocycles. The third-order valence-electron chi connectivity index (χ3n) is 2.76. The molecule has 0 unspecified atom stereocenters. The van der Waals surface area contributed by atoms with Gasteiger partial charge in [0.25, 0.3) is 5.91 Å². The second-order valence-corrected chi connectivity index (χ2v) is 5.18. The van der Waals surface area contributed by atoms with Gasteiger partial charge >= 0.3 is 0 Å². The number of benzene rings is 1. The van der Waals surface area contributed by atoms with Gasteiger partial charge in [-0.25, -0.2) is 0 Å². The minimum atomic E-state index is -0.531. The summed E-state index contributed by atoms with van der Waals surface area (Å²) >= 11 is 0. The fraction of sp³-hybridized carbons (Fsp3) is 0.385. The molecule has 1 aromatic heterocycles. The van der Waals surface area contributed by atoms with Crippen molar-refractivity contribution in [2.24, 2.45) is 5.73 Å². The Bertz CT molecular complexity index is 608. The number of methoxy groups -OCH3 is 1. The first-order valence-corrected chi connectivity index (χ1v) is 5.71. The molecule has 18 heavy (non-hydrogen) atoms. The van der Waals surface area contributed by atoms with E-state index < -0.39 is 5.91 Å². The van der Waals surface area contributed by atoms with Gasteiger partial charge in [-0.1, -0.05) is 0 Å². The van der Waals surface area contributed by atoms with Crippen molar-refractivity contribution >= 4 is 16.8 Å². The number of rotatable bonds is 2. The van der Waals surface area contributed by atoms with E-state index in [0.717, 1.165) is 10.9 Å². The predicted octanol–water partition coefficient (Wildman–Crippen LogP) is 1.90. The van der Waals surface area contributed by atoms with E-state index in [1.807, 2.05) is 37.6 Å². The third kappa shape index (κ3) is 1.92. The smallest absolute Gasteiger partial charge is 0.269 e. The van der Waals surface area contributed by atoms with E-state index in [-0.39, 0.29) is 11.2 Å². The SMILES string of the molecule is COc1ccc2c(c1)c(C(N)=O)nn2C(C)(C)C. The molecule has 96 valence electrons. The maximum Gasteiger partial charge on any atom is 0.269 e. The molecule has 0 aliphatic carbocycles. The Kier molecular flexibility index (Phi) is 2.77. The van der Waals surface area contributed by atoms with Gasteiger partial charge in [0.1, 0.15) is 5.75 Å². The molecule has 0 aliphatic heterocycles. The fourth-order valence-electron chi connectivity index (χ4n) is 1.92. The molecule has 0 radical (unpaired) electrons. The number of primary amides is 1. The van der Waals surface area contributed by atoms with Crippen LogP contribution in [-0.2, 0) is 5.54 Å². The molecular formula is C13H17N3O2. The Morgan fingerprint density at radius 2 is 2.06 bits per heavy atom. The highest BCUT2D eigenvalue weighted by Crippen LogP contribution is 2.27. The summed E-state index contributed by atoms with van der Waals surface area (Å²) in [6, 6.07) is 5.51. The van der Waals surface area contributed by atoms with Crippen LogP contribution in [0, 0.1) is 0 Å². The maximum atomic E-state index is 11.5. The van der Waals surface area contributed by atoms with E-state index in [2.05, 4.69) is 5.10 Å². The zero-order chi connectivity index (χ0) is 13.5. The van der Waals surface area contributed by atoms with Crippen molar-refractivity contribution in [3.63, 3.8) is 0 Å². The molecule has 0 atom stereocenters. The van der Waals surface area contributed by atoms with Crippen molar-refractivity contribution in [1.82, 2.24) is 9.78 Å². The van der Waals surface area contributed by atoms with Crippen LogP contribution in [0.5, 0.6) is 5.75 Å². The van der Waals surface area contributed by atoms with Gasteiger partial charge in [0.05, 0.1) is 18.2 Å². The van der Waals surface area contributed by atoms with Crippen LogP contribution >= 0.6 is 0 Å². The number of amides is 1. The molecule has 5 heteroatoms. The maximum absolute atomic E-state index is 11.5. The topological polar surface area (TPSA) is 70.1 Å². The van der Waals surface area contributed by atoms with Crippen molar-refractivity contribution in [3.05, 3.63) is 23.9 Å². The highest BCUT2D eigenvalue weighted by molar-refractivity contribution is 6.04. The summed E-state index contributed by atoms with van der Waals surface area (Å²) in [4.78, 5) is 11.5. The molecule has 0 fully saturated rings. The first kappa shape index (κ1) is 12.4. The number of carbonyl (C=O) groups is 1. The summed E-state index contributed by atoms with van der Waals surface area (Å²) in [5, 5.41) is 5.04. The Balaban J connectivity index is 2.80. The van der Waals surface area contributed by atoms with Gasteiger partial charge < -0.3 is 10.5 Å². The molecule has 0 bridgehead atoms. The van der Waals surface area contributed by atoms with Crippen molar-refractivity contribution in [2.45, 2.75) is 26.3 Å². The zero-order valence-electron chi connectivity index (χ0n) is 11.0. The number of ether oxygens (including phenoxy) is 1. The summed E-state index contributed by atoms with van der Waals surface area (Å²) in [5.74, 6) is 0.148. The lowest BCUT2D eigenvalue weighted by Gasteiger charge is -2.20. The van der Waals surface area contributed by atoms with E-state index in [4.69, 9.17) is 10.5 Å². The lowest BCUT2D eigenvalue weighted by Crippen LogP contribution is -2.24. The van der Waals surface area contributed by atoms with Crippen LogP contribution < -0.4 is 10.5 Å². The van der Waals surface area contributed by atoms with E-state index in [9.17, 15) is 4.79 Å². The second-order valence-electron chi connectivity index (χ2n) is 5.18. The number of aromatic nitrogens is 2. The van der Waals surface area contributed by atoms with Crippen LogP contribution in [0.3, 0.4) is 0 Å². The number of hydrogen-bond donors (Lipinski definition) is 1. The molecule has 0 saturated heterocycles. The fourth-order valence-corrected chi connectivity index (χ4v) is 1.92. The van der Waals surface area contributed by atoms with Crippen LogP contribution in [0.4, 0.5) is 0 Å². The van der Waals surface area contributed by atoms with Crippen molar-refractivity contribution in [2.75, 3.05) is 7.11 Å². The number of nitrogens with two attached hydrogens (primary N) is 1. The molecule has 2 aromatic rings. The normalized spacial score (nSPS) is 11.8. The summed E-state index contributed by atoms with van der Waals surface area (Å²) in [6.07, 6.45) is 0. The standard InChI is InChI=1S/C13H17N3O2/c1-13(2,3)16-10-6-5-8(18-4)7-9(10)11(15-16)12(14)17/h5-7H,1-4H3,(H2,14,17). The summed E-state index contributed by atoms with van der Waals surface area (Å²) in [7, 11) is 1.58. The zero-order valence-corrected chi connectivity index (χ0v) is 11.0. The van der Waals surface area contributed by atoms with Crippen molar-refractivity contribution in [3.8, 4) is 5.75 Å². The minimum Gasteiger partial charge on any atom is -0.497 e. The average molecular weight is 247 g/mol. The van der Waals surface area contributed by atoms with E-state index in [0.29, 0.717) is 5.75 Å². The van der Waals surface area contributed by atoms with Crippen LogP contribution in [0.1, 0.15) is 31.3 Å². The highest BCUT2D eigenvalue weighted by atomic mass is 16.5. The highest BCUT2D eigenvalue weighted by Gasteiger charge is 2.22. The van der Waals surface area contributed by atoms with Gasteiger partial charge in [-0.05, 0) is 39.0 Å². The Hall–Kier alpha value is -2.04. The first-order chi connectivity index (χ1) is 8.34. The van der Waals surface area contributed by atoms with Crippen LogP contribution in [-0.4, -0.2) is 22.8 Å². The number of carbonyl (C=O) groups excluding carboxylic acids is 1. The molecular weight excluding hydrogens is 230 g/mol. The Morgan fingerprint density at radius 1 is 1.39 bits per heavy atom.